The Morgan fingerprint density at radius 2 is 2.13 bits per heavy atom. The number of aromatic nitrogens is 2. The molecular weight excluding hydrogens is 210 g/mol. The molecule has 15 heavy (non-hydrogen) atoms. The average molecular weight is 225 g/mol. The van der Waals surface area contributed by atoms with Crippen LogP contribution in [0.1, 0.15) is 49.0 Å². The maximum Gasteiger partial charge on any atom is 0.265 e. The molecule has 1 amide bonds. The maximum atomic E-state index is 11.8. The van der Waals surface area contributed by atoms with Crippen molar-refractivity contribution in [3.8, 4) is 0 Å². The predicted molar refractivity (Wildman–Crippen MR) is 59.1 cm³/mol. The third kappa shape index (κ3) is 2.34. The van der Waals surface area contributed by atoms with Gasteiger partial charge in [-0.15, -0.1) is 5.10 Å². The first-order valence-electron chi connectivity index (χ1n) is 5.12. The molecule has 1 heterocycles. The molecule has 4 nitrogen and oxygen atoms in total. The van der Waals surface area contributed by atoms with Gasteiger partial charge in [0.25, 0.3) is 5.91 Å². The summed E-state index contributed by atoms with van der Waals surface area (Å²) in [5.41, 5.74) is 0.675. The van der Waals surface area contributed by atoms with E-state index in [0.29, 0.717) is 10.9 Å². The summed E-state index contributed by atoms with van der Waals surface area (Å²) in [6.07, 6.45) is 2.20. The highest BCUT2D eigenvalue weighted by Crippen LogP contribution is 2.27. The quantitative estimate of drug-likeness (QED) is 0.834. The van der Waals surface area contributed by atoms with Crippen molar-refractivity contribution in [2.45, 2.75) is 45.1 Å². The molecule has 0 saturated heterocycles. The zero-order valence-electron chi connectivity index (χ0n) is 9.20. The van der Waals surface area contributed by atoms with E-state index in [1.54, 1.807) is 0 Å². The molecule has 0 aromatic carbocycles. The van der Waals surface area contributed by atoms with Crippen LogP contribution < -0.4 is 5.32 Å². The Morgan fingerprint density at radius 3 is 2.67 bits per heavy atom. The molecule has 0 radical (unpaired) electrons. The van der Waals surface area contributed by atoms with Crippen LogP contribution in [0.5, 0.6) is 0 Å². The molecule has 1 aromatic heterocycles. The largest absolute Gasteiger partial charge is 0.348 e. The van der Waals surface area contributed by atoms with Gasteiger partial charge in [0.15, 0.2) is 0 Å². The minimum atomic E-state index is -0.122. The van der Waals surface area contributed by atoms with Gasteiger partial charge in [0.1, 0.15) is 4.88 Å². The molecule has 5 heteroatoms. The number of amides is 1. The molecule has 1 aromatic rings. The number of hydrogen-bond donors (Lipinski definition) is 1. The fourth-order valence-electron chi connectivity index (χ4n) is 1.31. The smallest absolute Gasteiger partial charge is 0.265 e. The Morgan fingerprint density at radius 1 is 1.47 bits per heavy atom. The van der Waals surface area contributed by atoms with Crippen LogP contribution in [0.3, 0.4) is 0 Å². The van der Waals surface area contributed by atoms with Crippen LogP contribution in [0.25, 0.3) is 0 Å². The summed E-state index contributed by atoms with van der Waals surface area (Å²) < 4.78 is 3.87. The van der Waals surface area contributed by atoms with Gasteiger partial charge < -0.3 is 5.32 Å². The SMILES string of the molecule is CC(C)(C)c1nnsc1C(=O)NC1CC1. The summed E-state index contributed by atoms with van der Waals surface area (Å²) in [5, 5.41) is 7.00. The van der Waals surface area contributed by atoms with E-state index in [4.69, 9.17) is 0 Å². The van der Waals surface area contributed by atoms with Crippen molar-refractivity contribution >= 4 is 17.4 Å². The fraction of sp³-hybridized carbons (Fsp3) is 0.700. The van der Waals surface area contributed by atoms with Gasteiger partial charge in [-0.3, -0.25) is 4.79 Å². The average Bonchev–Trinajstić information content (AvgIpc) is 2.80. The van der Waals surface area contributed by atoms with Gasteiger partial charge in [0, 0.05) is 11.5 Å². The van der Waals surface area contributed by atoms with Crippen LogP contribution in [0.4, 0.5) is 0 Å². The van der Waals surface area contributed by atoms with Crippen LogP contribution in [-0.4, -0.2) is 21.5 Å². The summed E-state index contributed by atoms with van der Waals surface area (Å²) in [7, 11) is 0. The standard InChI is InChI=1S/C10H15N3OS/c1-10(2,3)8-7(15-13-12-8)9(14)11-6-4-5-6/h6H,4-5H2,1-3H3,(H,11,14). The zero-order chi connectivity index (χ0) is 11.1. The van der Waals surface area contributed by atoms with Crippen molar-refractivity contribution in [3.63, 3.8) is 0 Å². The molecule has 1 fully saturated rings. The molecule has 0 bridgehead atoms. The molecule has 0 atom stereocenters. The number of nitrogens with zero attached hydrogens (tertiary/aromatic N) is 2. The van der Waals surface area contributed by atoms with Crippen LogP contribution >= 0.6 is 11.5 Å². The van der Waals surface area contributed by atoms with Gasteiger partial charge in [-0.25, -0.2) is 0 Å². The molecule has 0 aliphatic heterocycles. The van der Waals surface area contributed by atoms with Crippen molar-refractivity contribution in [1.82, 2.24) is 14.9 Å². The lowest BCUT2D eigenvalue weighted by atomic mass is 9.91. The minimum absolute atomic E-state index is 0.0163. The number of carbonyl (C=O) groups is 1. The second-order valence-electron chi connectivity index (χ2n) is 4.95. The Labute approximate surface area is 93.2 Å². The minimum Gasteiger partial charge on any atom is -0.348 e. The topological polar surface area (TPSA) is 54.9 Å². The molecule has 1 aliphatic rings. The normalized spacial score (nSPS) is 16.5. The van der Waals surface area contributed by atoms with Gasteiger partial charge in [-0.1, -0.05) is 25.3 Å². The highest BCUT2D eigenvalue weighted by Gasteiger charge is 2.29. The third-order valence-corrected chi connectivity index (χ3v) is 3.04. The maximum absolute atomic E-state index is 11.8. The highest BCUT2D eigenvalue weighted by molar-refractivity contribution is 7.08. The molecular formula is C10H15N3OS. The van der Waals surface area contributed by atoms with Crippen LogP contribution in [-0.2, 0) is 5.41 Å². The van der Waals surface area contributed by atoms with Crippen molar-refractivity contribution < 1.29 is 4.79 Å². The summed E-state index contributed by atoms with van der Waals surface area (Å²) in [6, 6.07) is 0.382. The molecule has 2 rings (SSSR count). The summed E-state index contributed by atoms with van der Waals surface area (Å²) in [4.78, 5) is 12.5. The van der Waals surface area contributed by atoms with Crippen LogP contribution in [0.2, 0.25) is 0 Å². The van der Waals surface area contributed by atoms with Crippen molar-refractivity contribution in [3.05, 3.63) is 10.6 Å². The first-order chi connectivity index (χ1) is 6.98. The molecule has 82 valence electrons. The highest BCUT2D eigenvalue weighted by atomic mass is 32.1. The van der Waals surface area contributed by atoms with E-state index in [1.807, 2.05) is 20.8 Å². The predicted octanol–water partition coefficient (Wildman–Crippen LogP) is 1.73. The summed E-state index contributed by atoms with van der Waals surface area (Å²) >= 11 is 1.18. The van der Waals surface area contributed by atoms with Gasteiger partial charge in [0.05, 0.1) is 5.69 Å². The number of carbonyl (C=O) groups excluding carboxylic acids is 1. The second kappa shape index (κ2) is 3.56. The molecule has 1 saturated carbocycles. The van der Waals surface area contributed by atoms with E-state index >= 15 is 0 Å². The molecule has 1 N–H and O–H groups in total. The monoisotopic (exact) mass is 225 g/mol. The lowest BCUT2D eigenvalue weighted by Crippen LogP contribution is -2.27. The second-order valence-corrected chi connectivity index (χ2v) is 5.70. The van der Waals surface area contributed by atoms with Gasteiger partial charge >= 0.3 is 0 Å². The Bertz CT molecular complexity index is 376. The number of nitrogens with one attached hydrogen (secondary N) is 1. The lowest BCUT2D eigenvalue weighted by Gasteiger charge is -2.15. The van der Waals surface area contributed by atoms with E-state index in [0.717, 1.165) is 18.5 Å². The van der Waals surface area contributed by atoms with E-state index in [-0.39, 0.29) is 11.3 Å². The zero-order valence-corrected chi connectivity index (χ0v) is 10.0. The molecule has 0 spiro atoms. The molecule has 1 aliphatic carbocycles. The van der Waals surface area contributed by atoms with E-state index in [2.05, 4.69) is 14.9 Å². The van der Waals surface area contributed by atoms with Crippen molar-refractivity contribution in [2.24, 2.45) is 0 Å². The van der Waals surface area contributed by atoms with Crippen molar-refractivity contribution in [1.29, 1.82) is 0 Å². The van der Waals surface area contributed by atoms with Gasteiger partial charge in [0.2, 0.25) is 0 Å². The van der Waals surface area contributed by atoms with E-state index in [9.17, 15) is 4.79 Å². The first kappa shape index (κ1) is 10.5. The number of hydrogen-bond acceptors (Lipinski definition) is 4. The fourth-order valence-corrected chi connectivity index (χ4v) is 2.09. The number of rotatable bonds is 2. The Kier molecular flexibility index (Phi) is 2.50. The van der Waals surface area contributed by atoms with Crippen LogP contribution in [0.15, 0.2) is 0 Å². The lowest BCUT2D eigenvalue weighted by molar-refractivity contribution is 0.0952. The summed E-state index contributed by atoms with van der Waals surface area (Å²) in [6.45, 7) is 6.12. The Hall–Kier alpha value is -0.970. The van der Waals surface area contributed by atoms with Gasteiger partial charge in [-0.2, -0.15) is 0 Å². The third-order valence-electron chi connectivity index (χ3n) is 2.32. The van der Waals surface area contributed by atoms with E-state index in [1.165, 1.54) is 11.5 Å². The Balaban J connectivity index is 2.19. The van der Waals surface area contributed by atoms with Crippen molar-refractivity contribution in [2.75, 3.05) is 0 Å². The first-order valence-corrected chi connectivity index (χ1v) is 5.89. The van der Waals surface area contributed by atoms with E-state index < -0.39 is 0 Å². The van der Waals surface area contributed by atoms with Gasteiger partial charge in [-0.05, 0) is 24.4 Å². The molecule has 0 unspecified atom stereocenters. The summed E-state index contributed by atoms with van der Waals surface area (Å²) in [5.74, 6) is -0.0163. The van der Waals surface area contributed by atoms with Crippen LogP contribution in [0, 0.1) is 0 Å².